The lowest BCUT2D eigenvalue weighted by Crippen LogP contribution is -2.46. The van der Waals surface area contributed by atoms with Gasteiger partial charge in [-0.05, 0) is 24.7 Å². The number of ether oxygens (including phenoxy) is 2. The zero-order valence-electron chi connectivity index (χ0n) is 13.4. The molecule has 1 atom stereocenters. The van der Waals surface area contributed by atoms with Crippen LogP contribution < -0.4 is 5.32 Å². The van der Waals surface area contributed by atoms with Gasteiger partial charge in [0, 0.05) is 32.1 Å². The molecular formula is C15H30N2O2S. The topological polar surface area (TPSA) is 42.9 Å². The molecule has 1 saturated heterocycles. The number of hydrogen-bond acceptors (Lipinski definition) is 4. The molecule has 1 unspecified atom stereocenters. The molecule has 1 rings (SSSR count). The van der Waals surface area contributed by atoms with E-state index in [-0.39, 0.29) is 0 Å². The minimum Gasteiger partial charge on any atom is -0.382 e. The summed E-state index contributed by atoms with van der Waals surface area (Å²) in [5, 5.41) is 4.70. The summed E-state index contributed by atoms with van der Waals surface area (Å²) in [6.07, 6.45) is 3.37. The highest BCUT2D eigenvalue weighted by molar-refractivity contribution is 8.13. The number of nitrogens with one attached hydrogen (secondary N) is 1. The van der Waals surface area contributed by atoms with E-state index in [0.717, 1.165) is 31.2 Å². The molecule has 0 aromatic carbocycles. The monoisotopic (exact) mass is 302 g/mol. The van der Waals surface area contributed by atoms with Crippen molar-refractivity contribution in [2.24, 2.45) is 10.4 Å². The van der Waals surface area contributed by atoms with Gasteiger partial charge in [-0.3, -0.25) is 4.99 Å². The minimum atomic E-state index is 0.303. The summed E-state index contributed by atoms with van der Waals surface area (Å²) in [7, 11) is 1.69. The van der Waals surface area contributed by atoms with Crippen LogP contribution >= 0.6 is 11.8 Å². The van der Waals surface area contributed by atoms with Gasteiger partial charge in [0.1, 0.15) is 0 Å². The third-order valence-electron chi connectivity index (χ3n) is 3.37. The Hall–Kier alpha value is -0.260. The molecule has 0 amide bonds. The largest absolute Gasteiger partial charge is 0.382 e. The molecule has 0 radical (unpaired) electrons. The Morgan fingerprint density at radius 1 is 1.25 bits per heavy atom. The van der Waals surface area contributed by atoms with E-state index < -0.39 is 0 Å². The van der Waals surface area contributed by atoms with E-state index in [4.69, 9.17) is 9.47 Å². The number of nitrogens with zero attached hydrogens (tertiary/aromatic N) is 1. The molecule has 0 aromatic heterocycles. The van der Waals surface area contributed by atoms with Crippen molar-refractivity contribution < 1.29 is 9.47 Å². The maximum absolute atomic E-state index is 5.43. The van der Waals surface area contributed by atoms with Gasteiger partial charge in [-0.25, -0.2) is 0 Å². The summed E-state index contributed by atoms with van der Waals surface area (Å²) >= 11 is 1.85. The van der Waals surface area contributed by atoms with Crippen LogP contribution in [0, 0.1) is 5.41 Å². The van der Waals surface area contributed by atoms with Crippen LogP contribution in [0.4, 0.5) is 0 Å². The van der Waals surface area contributed by atoms with Gasteiger partial charge in [0.05, 0.1) is 13.2 Å². The first-order chi connectivity index (χ1) is 9.54. The summed E-state index contributed by atoms with van der Waals surface area (Å²) in [4.78, 5) is 4.67. The van der Waals surface area contributed by atoms with E-state index in [1.165, 1.54) is 12.2 Å². The SMILES string of the molecule is COCCOCCCCN=C1NC(C(C)(C)C)CCS1. The van der Waals surface area contributed by atoms with Crippen molar-refractivity contribution in [3.8, 4) is 0 Å². The lowest BCUT2D eigenvalue weighted by atomic mass is 9.85. The fourth-order valence-electron chi connectivity index (χ4n) is 2.02. The molecule has 1 heterocycles. The van der Waals surface area contributed by atoms with E-state index in [1.54, 1.807) is 7.11 Å². The maximum atomic E-state index is 5.43. The molecule has 1 aliphatic heterocycles. The van der Waals surface area contributed by atoms with Gasteiger partial charge in [-0.15, -0.1) is 0 Å². The molecule has 0 aliphatic carbocycles. The van der Waals surface area contributed by atoms with E-state index in [9.17, 15) is 0 Å². The molecule has 0 aromatic rings. The number of unbranched alkanes of at least 4 members (excludes halogenated alkanes) is 1. The highest BCUT2D eigenvalue weighted by Gasteiger charge is 2.28. The molecule has 0 spiro atoms. The highest BCUT2D eigenvalue weighted by atomic mass is 32.2. The van der Waals surface area contributed by atoms with Crippen molar-refractivity contribution in [2.45, 2.75) is 46.1 Å². The van der Waals surface area contributed by atoms with Crippen molar-refractivity contribution in [1.29, 1.82) is 0 Å². The molecule has 118 valence electrons. The maximum Gasteiger partial charge on any atom is 0.156 e. The van der Waals surface area contributed by atoms with Gasteiger partial charge >= 0.3 is 0 Å². The molecule has 1 aliphatic rings. The zero-order chi connectivity index (χ0) is 14.8. The smallest absolute Gasteiger partial charge is 0.156 e. The van der Waals surface area contributed by atoms with Crippen LogP contribution in [0.1, 0.15) is 40.0 Å². The molecule has 1 fully saturated rings. The quantitative estimate of drug-likeness (QED) is 0.700. The van der Waals surface area contributed by atoms with Crippen LogP contribution in [0.3, 0.4) is 0 Å². The first-order valence-electron chi connectivity index (χ1n) is 7.54. The number of amidine groups is 1. The second-order valence-electron chi connectivity index (χ2n) is 6.20. The Morgan fingerprint density at radius 2 is 2.05 bits per heavy atom. The fraction of sp³-hybridized carbons (Fsp3) is 0.933. The van der Waals surface area contributed by atoms with E-state index in [1.807, 2.05) is 11.8 Å². The Kier molecular flexibility index (Phi) is 8.57. The van der Waals surface area contributed by atoms with Crippen molar-refractivity contribution in [2.75, 3.05) is 39.2 Å². The second-order valence-corrected chi connectivity index (χ2v) is 7.28. The van der Waals surface area contributed by atoms with E-state index >= 15 is 0 Å². The van der Waals surface area contributed by atoms with Crippen molar-refractivity contribution in [1.82, 2.24) is 5.32 Å². The van der Waals surface area contributed by atoms with Crippen LogP contribution in [0.15, 0.2) is 4.99 Å². The van der Waals surface area contributed by atoms with Crippen molar-refractivity contribution in [3.05, 3.63) is 0 Å². The number of thioether (sulfide) groups is 1. The lowest BCUT2D eigenvalue weighted by molar-refractivity contribution is 0.0690. The van der Waals surface area contributed by atoms with Crippen molar-refractivity contribution >= 4 is 16.9 Å². The molecule has 5 heteroatoms. The van der Waals surface area contributed by atoms with Gasteiger partial charge in [0.25, 0.3) is 0 Å². The Balaban J connectivity index is 2.13. The molecule has 20 heavy (non-hydrogen) atoms. The molecule has 1 N–H and O–H groups in total. The zero-order valence-corrected chi connectivity index (χ0v) is 14.2. The highest BCUT2D eigenvalue weighted by Crippen LogP contribution is 2.27. The van der Waals surface area contributed by atoms with Crippen molar-refractivity contribution in [3.63, 3.8) is 0 Å². The van der Waals surface area contributed by atoms with Crippen LogP contribution in [0.25, 0.3) is 0 Å². The molecular weight excluding hydrogens is 272 g/mol. The Morgan fingerprint density at radius 3 is 2.75 bits per heavy atom. The van der Waals surface area contributed by atoms with Gasteiger partial charge in [0.15, 0.2) is 5.17 Å². The van der Waals surface area contributed by atoms with Gasteiger partial charge in [0.2, 0.25) is 0 Å². The summed E-state index contributed by atoms with van der Waals surface area (Å²) in [6.45, 7) is 9.92. The molecule has 4 nitrogen and oxygen atoms in total. The van der Waals surface area contributed by atoms with E-state index in [0.29, 0.717) is 24.7 Å². The Labute approximate surface area is 128 Å². The van der Waals surface area contributed by atoms with Gasteiger partial charge < -0.3 is 14.8 Å². The van der Waals surface area contributed by atoms with Gasteiger partial charge in [-0.1, -0.05) is 32.5 Å². The third-order valence-corrected chi connectivity index (χ3v) is 4.33. The third kappa shape index (κ3) is 7.50. The number of hydrogen-bond donors (Lipinski definition) is 1. The van der Waals surface area contributed by atoms with Crippen LogP contribution in [-0.2, 0) is 9.47 Å². The number of aliphatic imine (C=N–C) groups is 1. The molecule has 0 saturated carbocycles. The van der Waals surface area contributed by atoms with Gasteiger partial charge in [-0.2, -0.15) is 0 Å². The summed E-state index contributed by atoms with van der Waals surface area (Å²) in [5.74, 6) is 1.17. The Bertz CT molecular complexity index is 290. The average Bonchev–Trinajstić information content (AvgIpc) is 2.41. The first-order valence-corrected chi connectivity index (χ1v) is 8.53. The summed E-state index contributed by atoms with van der Waals surface area (Å²) in [6, 6.07) is 0.542. The summed E-state index contributed by atoms with van der Waals surface area (Å²) < 4.78 is 10.4. The average molecular weight is 302 g/mol. The first kappa shape index (κ1) is 17.8. The minimum absolute atomic E-state index is 0.303. The number of rotatable bonds is 8. The lowest BCUT2D eigenvalue weighted by Gasteiger charge is -2.35. The normalized spacial score (nSPS) is 22.0. The van der Waals surface area contributed by atoms with Crippen LogP contribution in [0.5, 0.6) is 0 Å². The van der Waals surface area contributed by atoms with E-state index in [2.05, 4.69) is 31.1 Å². The predicted molar refractivity (Wildman–Crippen MR) is 87.7 cm³/mol. The standard InChI is InChI=1S/C15H30N2O2S/c1-15(2,3)13-7-12-20-14(17-13)16-8-5-6-9-19-11-10-18-4/h13H,5-12H2,1-4H3,(H,16,17). The molecule has 0 bridgehead atoms. The fourth-order valence-corrected chi connectivity index (χ4v) is 2.97. The van der Waals surface area contributed by atoms with Crippen LogP contribution in [-0.4, -0.2) is 50.4 Å². The number of methoxy groups -OCH3 is 1. The summed E-state index contributed by atoms with van der Waals surface area (Å²) in [5.41, 5.74) is 0.303. The van der Waals surface area contributed by atoms with Crippen LogP contribution in [0.2, 0.25) is 0 Å². The predicted octanol–water partition coefficient (Wildman–Crippen LogP) is 2.93. The second kappa shape index (κ2) is 9.64.